The number of hydrogen-bond acceptors (Lipinski definition) is 3. The van der Waals surface area contributed by atoms with E-state index < -0.39 is 0 Å². The summed E-state index contributed by atoms with van der Waals surface area (Å²) in [6.07, 6.45) is 0.921. The number of halogens is 1. The molecule has 2 atom stereocenters. The zero-order valence-corrected chi connectivity index (χ0v) is 12.8. The Morgan fingerprint density at radius 3 is 2.85 bits per heavy atom. The van der Waals surface area contributed by atoms with Gasteiger partial charge in [-0.3, -0.25) is 9.69 Å². The summed E-state index contributed by atoms with van der Waals surface area (Å²) < 4.78 is 0. The Morgan fingerprint density at radius 2 is 2.20 bits per heavy atom. The molecule has 1 heterocycles. The van der Waals surface area contributed by atoms with Crippen molar-refractivity contribution in [2.45, 2.75) is 25.4 Å². The molecule has 1 aromatic rings. The Bertz CT molecular complexity index is 449. The summed E-state index contributed by atoms with van der Waals surface area (Å²) in [7, 11) is 1.69. The SMILES string of the molecule is CNC(=O)C1CNCCN1C(C)Cc1ccc(Cl)cc1. The highest BCUT2D eigenvalue weighted by Crippen LogP contribution is 2.16. The van der Waals surface area contributed by atoms with Gasteiger partial charge in [-0.05, 0) is 31.0 Å². The molecule has 0 bridgehead atoms. The summed E-state index contributed by atoms with van der Waals surface area (Å²) in [5.74, 6) is 0.0835. The molecule has 1 aliphatic heterocycles. The second-order valence-electron chi connectivity index (χ2n) is 5.25. The Labute approximate surface area is 125 Å². The first-order valence-electron chi connectivity index (χ1n) is 7.04. The maximum Gasteiger partial charge on any atom is 0.238 e. The summed E-state index contributed by atoms with van der Waals surface area (Å²) in [5.41, 5.74) is 1.25. The van der Waals surface area contributed by atoms with E-state index in [4.69, 9.17) is 11.6 Å². The van der Waals surface area contributed by atoms with Crippen molar-refractivity contribution in [2.24, 2.45) is 0 Å². The zero-order chi connectivity index (χ0) is 14.5. The van der Waals surface area contributed by atoms with Crippen molar-refractivity contribution in [1.82, 2.24) is 15.5 Å². The fourth-order valence-electron chi connectivity index (χ4n) is 2.74. The number of nitrogens with zero attached hydrogens (tertiary/aromatic N) is 1. The van der Waals surface area contributed by atoms with Crippen LogP contribution < -0.4 is 10.6 Å². The average molecular weight is 296 g/mol. The molecule has 0 radical (unpaired) electrons. The molecule has 0 aliphatic carbocycles. The van der Waals surface area contributed by atoms with E-state index in [-0.39, 0.29) is 11.9 Å². The summed E-state index contributed by atoms with van der Waals surface area (Å²) in [6, 6.07) is 8.16. The quantitative estimate of drug-likeness (QED) is 0.880. The molecule has 2 unspecified atom stereocenters. The lowest BCUT2D eigenvalue weighted by Gasteiger charge is -2.39. The molecular weight excluding hydrogens is 274 g/mol. The fourth-order valence-corrected chi connectivity index (χ4v) is 2.86. The molecule has 5 heteroatoms. The van der Waals surface area contributed by atoms with Crippen molar-refractivity contribution in [3.63, 3.8) is 0 Å². The van der Waals surface area contributed by atoms with Gasteiger partial charge in [-0.25, -0.2) is 0 Å². The monoisotopic (exact) mass is 295 g/mol. The van der Waals surface area contributed by atoms with Crippen LogP contribution in [-0.2, 0) is 11.2 Å². The first-order valence-corrected chi connectivity index (χ1v) is 7.42. The van der Waals surface area contributed by atoms with Gasteiger partial charge in [0, 0.05) is 37.7 Å². The van der Waals surface area contributed by atoms with Crippen LogP contribution in [0, 0.1) is 0 Å². The lowest BCUT2D eigenvalue weighted by Crippen LogP contribution is -2.60. The summed E-state index contributed by atoms with van der Waals surface area (Å²) >= 11 is 5.91. The van der Waals surface area contributed by atoms with Crippen LogP contribution >= 0.6 is 11.6 Å². The normalized spacial score (nSPS) is 21.4. The highest BCUT2D eigenvalue weighted by atomic mass is 35.5. The number of carbonyl (C=O) groups excluding carboxylic acids is 1. The van der Waals surface area contributed by atoms with E-state index >= 15 is 0 Å². The number of piperazine rings is 1. The number of likely N-dealkylation sites (N-methyl/N-ethyl adjacent to an activating group) is 1. The number of benzene rings is 1. The van der Waals surface area contributed by atoms with Crippen LogP contribution in [0.2, 0.25) is 5.02 Å². The lowest BCUT2D eigenvalue weighted by atomic mass is 10.0. The molecule has 0 saturated carbocycles. The third-order valence-corrected chi connectivity index (χ3v) is 4.10. The third-order valence-electron chi connectivity index (χ3n) is 3.84. The van der Waals surface area contributed by atoms with E-state index in [1.807, 2.05) is 12.1 Å². The number of rotatable bonds is 4. The molecule has 0 aromatic heterocycles. The summed E-state index contributed by atoms with van der Waals surface area (Å²) in [4.78, 5) is 14.3. The van der Waals surface area contributed by atoms with Crippen LogP contribution in [0.25, 0.3) is 0 Å². The lowest BCUT2D eigenvalue weighted by molar-refractivity contribution is -0.127. The van der Waals surface area contributed by atoms with Gasteiger partial charge in [0.1, 0.15) is 6.04 Å². The molecule has 1 saturated heterocycles. The summed E-state index contributed by atoms with van der Waals surface area (Å²) in [5, 5.41) is 6.80. The molecular formula is C15H22ClN3O. The minimum atomic E-state index is -0.0870. The molecule has 0 spiro atoms. The largest absolute Gasteiger partial charge is 0.358 e. The minimum Gasteiger partial charge on any atom is -0.358 e. The predicted molar refractivity (Wildman–Crippen MR) is 82.0 cm³/mol. The highest BCUT2D eigenvalue weighted by molar-refractivity contribution is 6.30. The Hall–Kier alpha value is -1.10. The van der Waals surface area contributed by atoms with Gasteiger partial charge in [0.05, 0.1) is 0 Å². The Kier molecular flexibility index (Phi) is 5.40. The van der Waals surface area contributed by atoms with E-state index in [0.29, 0.717) is 12.6 Å². The van der Waals surface area contributed by atoms with Crippen molar-refractivity contribution in [3.05, 3.63) is 34.9 Å². The maximum atomic E-state index is 12.0. The van der Waals surface area contributed by atoms with E-state index in [0.717, 1.165) is 24.5 Å². The molecule has 1 aliphatic rings. The van der Waals surface area contributed by atoms with Gasteiger partial charge in [-0.15, -0.1) is 0 Å². The standard InChI is InChI=1S/C15H22ClN3O/c1-11(9-12-3-5-13(16)6-4-12)19-8-7-18-10-14(19)15(20)17-2/h3-6,11,14,18H,7-10H2,1-2H3,(H,17,20). The van der Waals surface area contributed by atoms with Gasteiger partial charge in [-0.2, -0.15) is 0 Å². The molecule has 110 valence electrons. The molecule has 2 N–H and O–H groups in total. The molecule has 20 heavy (non-hydrogen) atoms. The smallest absolute Gasteiger partial charge is 0.238 e. The highest BCUT2D eigenvalue weighted by Gasteiger charge is 2.30. The van der Waals surface area contributed by atoms with Crippen LogP contribution in [0.1, 0.15) is 12.5 Å². The molecule has 1 aromatic carbocycles. The fraction of sp³-hybridized carbons (Fsp3) is 0.533. The number of carbonyl (C=O) groups is 1. The number of nitrogens with one attached hydrogen (secondary N) is 2. The van der Waals surface area contributed by atoms with Crippen molar-refractivity contribution in [3.8, 4) is 0 Å². The van der Waals surface area contributed by atoms with Crippen LogP contribution in [0.15, 0.2) is 24.3 Å². The van der Waals surface area contributed by atoms with Crippen LogP contribution in [0.4, 0.5) is 0 Å². The molecule has 4 nitrogen and oxygen atoms in total. The van der Waals surface area contributed by atoms with Crippen molar-refractivity contribution in [1.29, 1.82) is 0 Å². The van der Waals surface area contributed by atoms with Gasteiger partial charge >= 0.3 is 0 Å². The van der Waals surface area contributed by atoms with Crippen molar-refractivity contribution in [2.75, 3.05) is 26.7 Å². The van der Waals surface area contributed by atoms with Gasteiger partial charge in [0.25, 0.3) is 0 Å². The van der Waals surface area contributed by atoms with Gasteiger partial charge in [0.15, 0.2) is 0 Å². The topological polar surface area (TPSA) is 44.4 Å². The van der Waals surface area contributed by atoms with Crippen LogP contribution in [-0.4, -0.2) is 49.6 Å². The Balaban J connectivity index is 2.03. The number of hydrogen-bond donors (Lipinski definition) is 2. The molecule has 2 rings (SSSR count). The zero-order valence-electron chi connectivity index (χ0n) is 12.0. The van der Waals surface area contributed by atoms with Crippen LogP contribution in [0.5, 0.6) is 0 Å². The Morgan fingerprint density at radius 1 is 1.50 bits per heavy atom. The number of amides is 1. The van der Waals surface area contributed by atoms with Gasteiger partial charge in [-0.1, -0.05) is 23.7 Å². The van der Waals surface area contributed by atoms with E-state index in [9.17, 15) is 4.79 Å². The summed E-state index contributed by atoms with van der Waals surface area (Å²) in [6.45, 7) is 4.71. The van der Waals surface area contributed by atoms with Gasteiger partial charge < -0.3 is 10.6 Å². The van der Waals surface area contributed by atoms with Crippen LogP contribution in [0.3, 0.4) is 0 Å². The average Bonchev–Trinajstić information content (AvgIpc) is 2.48. The predicted octanol–water partition coefficient (Wildman–Crippen LogP) is 1.29. The van der Waals surface area contributed by atoms with E-state index in [2.05, 4.69) is 34.6 Å². The first kappa shape index (κ1) is 15.3. The van der Waals surface area contributed by atoms with Crippen molar-refractivity contribution >= 4 is 17.5 Å². The molecule has 1 amide bonds. The maximum absolute atomic E-state index is 12.0. The van der Waals surface area contributed by atoms with E-state index in [1.165, 1.54) is 5.56 Å². The minimum absolute atomic E-state index is 0.0835. The second kappa shape index (κ2) is 7.07. The van der Waals surface area contributed by atoms with Crippen molar-refractivity contribution < 1.29 is 4.79 Å². The second-order valence-corrected chi connectivity index (χ2v) is 5.69. The van der Waals surface area contributed by atoms with Gasteiger partial charge in [0.2, 0.25) is 5.91 Å². The van der Waals surface area contributed by atoms with E-state index in [1.54, 1.807) is 7.05 Å². The molecule has 1 fully saturated rings. The third kappa shape index (κ3) is 3.72. The first-order chi connectivity index (χ1) is 9.61.